The van der Waals surface area contributed by atoms with E-state index in [1.807, 2.05) is 20.8 Å². The van der Waals surface area contributed by atoms with Gasteiger partial charge in [-0.1, -0.05) is 30.7 Å². The summed E-state index contributed by atoms with van der Waals surface area (Å²) in [6.07, 6.45) is 1.35. The van der Waals surface area contributed by atoms with Crippen molar-refractivity contribution in [1.29, 1.82) is 0 Å². The fourth-order valence-corrected chi connectivity index (χ4v) is 2.05. The molecule has 0 aliphatic carbocycles. The lowest BCUT2D eigenvalue weighted by molar-refractivity contribution is 0.138. The molecule has 1 aromatic rings. The molecule has 0 saturated heterocycles. The summed E-state index contributed by atoms with van der Waals surface area (Å²) < 4.78 is 0. The predicted molar refractivity (Wildman–Crippen MR) is 65.0 cm³/mol. The lowest BCUT2D eigenvalue weighted by atomic mass is 9.89. The quantitative estimate of drug-likeness (QED) is 0.747. The van der Waals surface area contributed by atoms with Gasteiger partial charge in [-0.25, -0.2) is 0 Å². The second kappa shape index (κ2) is 4.63. The summed E-state index contributed by atoms with van der Waals surface area (Å²) in [5, 5.41) is 10.2. The Morgan fingerprint density at radius 1 is 1.20 bits per heavy atom. The van der Waals surface area contributed by atoms with Gasteiger partial charge in [0.15, 0.2) is 0 Å². The van der Waals surface area contributed by atoms with Gasteiger partial charge in [0.05, 0.1) is 6.10 Å². The van der Waals surface area contributed by atoms with Crippen LogP contribution >= 0.6 is 0 Å². The number of rotatable bonds is 3. The van der Waals surface area contributed by atoms with E-state index in [1.165, 1.54) is 5.56 Å². The largest absolute Gasteiger partial charge is 0.388 e. The molecule has 1 N–H and O–H groups in total. The molecule has 0 aromatic heterocycles. The van der Waals surface area contributed by atoms with Crippen molar-refractivity contribution >= 4 is 0 Å². The molecule has 0 bridgehead atoms. The van der Waals surface area contributed by atoms with Crippen molar-refractivity contribution in [3.8, 4) is 0 Å². The zero-order valence-corrected chi connectivity index (χ0v) is 10.0. The number of hydrogen-bond acceptors (Lipinski definition) is 1. The van der Waals surface area contributed by atoms with Crippen LogP contribution in [0.15, 0.2) is 24.8 Å². The zero-order valence-electron chi connectivity index (χ0n) is 10.0. The van der Waals surface area contributed by atoms with E-state index >= 15 is 0 Å². The molecule has 0 saturated carbocycles. The van der Waals surface area contributed by atoms with E-state index in [4.69, 9.17) is 0 Å². The van der Waals surface area contributed by atoms with Crippen molar-refractivity contribution < 1.29 is 5.11 Å². The van der Waals surface area contributed by atoms with Crippen molar-refractivity contribution in [3.05, 3.63) is 47.0 Å². The van der Waals surface area contributed by atoms with Gasteiger partial charge in [0.2, 0.25) is 0 Å². The van der Waals surface area contributed by atoms with E-state index in [1.54, 1.807) is 6.08 Å². The first kappa shape index (κ1) is 12.0. The lowest BCUT2D eigenvalue weighted by Crippen LogP contribution is -2.10. The molecule has 82 valence electrons. The van der Waals surface area contributed by atoms with Crippen molar-refractivity contribution in [2.75, 3.05) is 0 Å². The maximum atomic E-state index is 10.2. The van der Waals surface area contributed by atoms with E-state index in [0.29, 0.717) is 0 Å². The van der Waals surface area contributed by atoms with Crippen LogP contribution in [0.4, 0.5) is 0 Å². The molecule has 0 heterocycles. The van der Waals surface area contributed by atoms with Crippen molar-refractivity contribution in [2.24, 2.45) is 5.92 Å². The van der Waals surface area contributed by atoms with Gasteiger partial charge in [0, 0.05) is 5.92 Å². The Kier molecular flexibility index (Phi) is 3.70. The second-order valence-electron chi connectivity index (χ2n) is 4.35. The highest BCUT2D eigenvalue weighted by Gasteiger charge is 2.17. The molecule has 1 nitrogen and oxygen atoms in total. The predicted octanol–water partition coefficient (Wildman–Crippen LogP) is 3.47. The highest BCUT2D eigenvalue weighted by Crippen LogP contribution is 2.29. The monoisotopic (exact) mass is 204 g/mol. The molecule has 1 aromatic carbocycles. The van der Waals surface area contributed by atoms with Gasteiger partial charge in [-0.05, 0) is 37.5 Å². The summed E-state index contributed by atoms with van der Waals surface area (Å²) in [5.41, 5.74) is 4.61. The van der Waals surface area contributed by atoms with Crippen molar-refractivity contribution in [2.45, 2.75) is 33.8 Å². The third-order valence-corrected chi connectivity index (χ3v) is 2.90. The molecule has 0 fully saturated rings. The van der Waals surface area contributed by atoms with Crippen molar-refractivity contribution in [1.82, 2.24) is 0 Å². The number of aliphatic hydroxyl groups excluding tert-OH is 1. The highest BCUT2D eigenvalue weighted by atomic mass is 16.3. The molecular weight excluding hydrogens is 184 g/mol. The molecule has 1 rings (SSSR count). The summed E-state index contributed by atoms with van der Waals surface area (Å²) in [5.74, 6) is 0.0881. The molecule has 0 amide bonds. The number of benzene rings is 1. The minimum atomic E-state index is -0.442. The summed E-state index contributed by atoms with van der Waals surface area (Å²) in [6, 6.07) is 4.22. The zero-order chi connectivity index (χ0) is 11.6. The molecule has 1 heteroatoms. The molecule has 2 unspecified atom stereocenters. The van der Waals surface area contributed by atoms with Crippen LogP contribution in [0.25, 0.3) is 0 Å². The normalized spacial score (nSPS) is 14.7. The van der Waals surface area contributed by atoms with E-state index in [0.717, 1.165) is 16.7 Å². The maximum Gasteiger partial charge on any atom is 0.0854 e. The van der Waals surface area contributed by atoms with Crippen LogP contribution in [0.3, 0.4) is 0 Å². The van der Waals surface area contributed by atoms with Gasteiger partial charge >= 0.3 is 0 Å². The molecule has 0 aliphatic rings. The number of aryl methyl sites for hydroxylation is 3. The summed E-state index contributed by atoms with van der Waals surface area (Å²) in [4.78, 5) is 0. The maximum absolute atomic E-state index is 10.2. The van der Waals surface area contributed by atoms with E-state index in [2.05, 4.69) is 25.6 Å². The van der Waals surface area contributed by atoms with E-state index in [-0.39, 0.29) is 5.92 Å². The Morgan fingerprint density at radius 3 is 2.07 bits per heavy atom. The Balaban J connectivity index is 3.19. The Labute approximate surface area is 92.5 Å². The van der Waals surface area contributed by atoms with Crippen LogP contribution in [-0.4, -0.2) is 5.11 Å². The SMILES string of the molecule is C=CC(C)C(O)c1c(C)cc(C)cc1C. The fourth-order valence-electron chi connectivity index (χ4n) is 2.05. The summed E-state index contributed by atoms with van der Waals surface area (Å²) in [7, 11) is 0. The molecule has 2 atom stereocenters. The van der Waals surface area contributed by atoms with Gasteiger partial charge in [-0.2, -0.15) is 0 Å². The van der Waals surface area contributed by atoms with Gasteiger partial charge in [-0.15, -0.1) is 6.58 Å². The summed E-state index contributed by atoms with van der Waals surface area (Å²) in [6.45, 7) is 11.9. The molecule has 0 radical (unpaired) electrons. The summed E-state index contributed by atoms with van der Waals surface area (Å²) >= 11 is 0. The standard InChI is InChI=1S/C14H20O/c1-6-10(3)14(15)13-11(4)7-9(2)8-12(13)5/h6-8,10,14-15H,1H2,2-5H3. The van der Waals surface area contributed by atoms with Crippen LogP contribution in [-0.2, 0) is 0 Å². The first-order chi connectivity index (χ1) is 6.97. The molecule has 0 aliphatic heterocycles. The third kappa shape index (κ3) is 2.48. The smallest absolute Gasteiger partial charge is 0.0854 e. The molecular formula is C14H20O. The minimum Gasteiger partial charge on any atom is -0.388 e. The van der Waals surface area contributed by atoms with Crippen LogP contribution < -0.4 is 0 Å². The minimum absolute atomic E-state index is 0.0881. The van der Waals surface area contributed by atoms with Crippen molar-refractivity contribution in [3.63, 3.8) is 0 Å². The number of aliphatic hydroxyl groups is 1. The fraction of sp³-hybridized carbons (Fsp3) is 0.429. The Bertz CT molecular complexity index is 343. The highest BCUT2D eigenvalue weighted by molar-refractivity contribution is 5.39. The average molecular weight is 204 g/mol. The second-order valence-corrected chi connectivity index (χ2v) is 4.35. The first-order valence-corrected chi connectivity index (χ1v) is 5.35. The molecule has 0 spiro atoms. The van der Waals surface area contributed by atoms with Crippen LogP contribution in [0.2, 0.25) is 0 Å². The van der Waals surface area contributed by atoms with E-state index in [9.17, 15) is 5.11 Å². The topological polar surface area (TPSA) is 20.2 Å². The van der Waals surface area contributed by atoms with Gasteiger partial charge < -0.3 is 5.11 Å². The Morgan fingerprint density at radius 2 is 1.67 bits per heavy atom. The third-order valence-electron chi connectivity index (χ3n) is 2.90. The van der Waals surface area contributed by atoms with Crippen LogP contribution in [0.5, 0.6) is 0 Å². The van der Waals surface area contributed by atoms with Crippen LogP contribution in [0, 0.1) is 26.7 Å². The van der Waals surface area contributed by atoms with Gasteiger partial charge in [0.1, 0.15) is 0 Å². The lowest BCUT2D eigenvalue weighted by Gasteiger charge is -2.20. The first-order valence-electron chi connectivity index (χ1n) is 5.35. The van der Waals surface area contributed by atoms with Crippen LogP contribution in [0.1, 0.15) is 35.3 Å². The van der Waals surface area contributed by atoms with Gasteiger partial charge in [-0.3, -0.25) is 0 Å². The number of hydrogen-bond donors (Lipinski definition) is 1. The molecule has 15 heavy (non-hydrogen) atoms. The van der Waals surface area contributed by atoms with Gasteiger partial charge in [0.25, 0.3) is 0 Å². The Hall–Kier alpha value is -1.08. The average Bonchev–Trinajstić information content (AvgIpc) is 2.14. The van der Waals surface area contributed by atoms with E-state index < -0.39 is 6.10 Å².